The third kappa shape index (κ3) is 7.70. The van der Waals surface area contributed by atoms with Crippen molar-refractivity contribution in [2.75, 3.05) is 26.8 Å². The van der Waals surface area contributed by atoms with Crippen molar-refractivity contribution >= 4 is 34.4 Å². The molecule has 4 N–H and O–H groups in total. The Morgan fingerprint density at radius 2 is 1.94 bits per heavy atom. The van der Waals surface area contributed by atoms with Crippen molar-refractivity contribution < 1.29 is 47.6 Å². The van der Waals surface area contributed by atoms with Crippen LogP contribution in [0, 0.1) is 9.49 Å². The Bertz CT molecular complexity index is 972. The molecule has 0 aromatic heterocycles. The highest BCUT2D eigenvalue weighted by molar-refractivity contribution is 14.1. The molecule has 0 radical (unpaired) electrons. The molecular weight excluding hydrogens is 600 g/mol. The van der Waals surface area contributed by atoms with Crippen LogP contribution in [-0.2, 0) is 16.2 Å². The predicted octanol–water partition coefficient (Wildman–Crippen LogP) is 1.75. The lowest BCUT2D eigenvalue weighted by Crippen LogP contribution is -2.57. The van der Waals surface area contributed by atoms with Crippen LogP contribution in [0.2, 0.25) is 0 Å². The van der Waals surface area contributed by atoms with Gasteiger partial charge in [-0.05, 0) is 46.4 Å². The molecule has 13 heteroatoms. The molecule has 0 saturated carbocycles. The van der Waals surface area contributed by atoms with Crippen LogP contribution < -0.4 is 14.8 Å². The lowest BCUT2D eigenvalue weighted by Gasteiger charge is -2.41. The van der Waals surface area contributed by atoms with Gasteiger partial charge in [-0.2, -0.15) is 13.2 Å². The second-order valence-corrected chi connectivity index (χ2v) is 9.68. The maximum atomic E-state index is 13.4. The molecule has 3 atom stereocenters. The highest BCUT2D eigenvalue weighted by atomic mass is 127. The van der Waals surface area contributed by atoms with Crippen LogP contribution in [0.1, 0.15) is 25.8 Å². The Morgan fingerprint density at radius 3 is 2.47 bits per heavy atom. The summed E-state index contributed by atoms with van der Waals surface area (Å²) in [5.74, 6) is -1.97. The number of nitrogens with zero attached hydrogens (tertiary/aromatic N) is 1. The first-order valence-electron chi connectivity index (χ1n) is 11.1. The van der Waals surface area contributed by atoms with Gasteiger partial charge in [-0.15, -0.1) is 0 Å². The lowest BCUT2D eigenvalue weighted by molar-refractivity contribution is -0.174. The van der Waals surface area contributed by atoms with E-state index in [0.29, 0.717) is 14.0 Å². The minimum atomic E-state index is -4.75. The Morgan fingerprint density at radius 1 is 1.28 bits per heavy atom. The number of nitrogens with one attached hydrogen (secondary N) is 1. The first-order chi connectivity index (χ1) is 16.8. The monoisotopic (exact) mass is 630 g/mol. The number of rotatable bonds is 10. The summed E-state index contributed by atoms with van der Waals surface area (Å²) in [6.45, 7) is 0.533. The number of ether oxygens (including phenoxy) is 2. The van der Waals surface area contributed by atoms with Crippen LogP contribution in [-0.4, -0.2) is 83.3 Å². The minimum absolute atomic E-state index is 0.00608. The summed E-state index contributed by atoms with van der Waals surface area (Å²) in [6, 6.07) is 1.68. The van der Waals surface area contributed by atoms with E-state index in [4.69, 9.17) is 14.6 Å². The fraction of sp³-hybridized carbons (Fsp3) is 0.565. The van der Waals surface area contributed by atoms with Gasteiger partial charge in [0.05, 0.1) is 29.9 Å². The fourth-order valence-electron chi connectivity index (χ4n) is 3.78. The number of amides is 2. The normalized spacial score (nSPS) is 20.1. The predicted molar refractivity (Wildman–Crippen MR) is 131 cm³/mol. The standard InChI is InChI=1S/C23H30F3IN2O7/c1-12(2)22(34)29(11-23(24,25)26)16-8-14(21(33)28-4-5-30)9-17(19(16)32)36-20-15(27)6-13(10-31)7-18(20)35-3/h6-7,9,12,16-17,19,30-32H,4-5,8,10-11H2,1-3H3,(H,28,33). The number of alkyl halides is 3. The number of benzene rings is 1. The van der Waals surface area contributed by atoms with Gasteiger partial charge in [0, 0.05) is 24.5 Å². The number of aliphatic hydroxyl groups excluding tert-OH is 3. The molecule has 2 amide bonds. The molecule has 3 unspecified atom stereocenters. The maximum absolute atomic E-state index is 13.4. The number of halogens is 4. The summed E-state index contributed by atoms with van der Waals surface area (Å²) in [5, 5.41) is 32.0. The van der Waals surface area contributed by atoms with Gasteiger partial charge in [0.15, 0.2) is 11.5 Å². The highest BCUT2D eigenvalue weighted by Crippen LogP contribution is 2.37. The third-order valence-corrected chi connectivity index (χ3v) is 6.27. The summed E-state index contributed by atoms with van der Waals surface area (Å²) >= 11 is 1.92. The summed E-state index contributed by atoms with van der Waals surface area (Å²) < 4.78 is 52.1. The van der Waals surface area contributed by atoms with E-state index < -0.39 is 48.7 Å². The largest absolute Gasteiger partial charge is 0.493 e. The molecule has 1 aromatic carbocycles. The van der Waals surface area contributed by atoms with Gasteiger partial charge in [-0.1, -0.05) is 13.8 Å². The summed E-state index contributed by atoms with van der Waals surface area (Å²) in [4.78, 5) is 26.0. The molecule has 0 saturated heterocycles. The van der Waals surface area contributed by atoms with Crippen LogP contribution in [0.15, 0.2) is 23.8 Å². The van der Waals surface area contributed by atoms with Crippen molar-refractivity contribution in [1.82, 2.24) is 10.2 Å². The van der Waals surface area contributed by atoms with E-state index >= 15 is 0 Å². The molecule has 36 heavy (non-hydrogen) atoms. The van der Waals surface area contributed by atoms with Gasteiger partial charge >= 0.3 is 6.18 Å². The van der Waals surface area contributed by atoms with Crippen LogP contribution >= 0.6 is 22.6 Å². The van der Waals surface area contributed by atoms with Gasteiger partial charge in [0.2, 0.25) is 11.8 Å². The first kappa shape index (κ1) is 30.1. The van der Waals surface area contributed by atoms with Crippen molar-refractivity contribution in [3.63, 3.8) is 0 Å². The van der Waals surface area contributed by atoms with Crippen LogP contribution in [0.4, 0.5) is 13.2 Å². The molecule has 0 bridgehead atoms. The number of carbonyl (C=O) groups is 2. The van der Waals surface area contributed by atoms with E-state index in [0.717, 1.165) is 0 Å². The smallest absolute Gasteiger partial charge is 0.406 e. The quantitative estimate of drug-likeness (QED) is 0.290. The zero-order valence-electron chi connectivity index (χ0n) is 20.0. The molecular formula is C23H30F3IN2O7. The SMILES string of the molecule is COc1cc(CO)cc(I)c1OC1C=C(C(=O)NCCO)CC(N(CC(F)(F)F)C(=O)C(C)C)C1O. The summed E-state index contributed by atoms with van der Waals surface area (Å²) in [6.07, 6.45) is -6.77. The fourth-order valence-corrected chi connectivity index (χ4v) is 4.57. The second kappa shape index (κ2) is 12.9. The molecule has 1 aliphatic carbocycles. The number of hydrogen-bond acceptors (Lipinski definition) is 7. The minimum Gasteiger partial charge on any atom is -0.493 e. The van der Waals surface area contributed by atoms with Crippen molar-refractivity contribution in [3.8, 4) is 11.5 Å². The van der Waals surface area contributed by atoms with Crippen LogP contribution in [0.5, 0.6) is 11.5 Å². The van der Waals surface area contributed by atoms with Crippen molar-refractivity contribution in [2.45, 2.75) is 51.3 Å². The van der Waals surface area contributed by atoms with Gasteiger partial charge < -0.3 is 35.0 Å². The van der Waals surface area contributed by atoms with E-state index in [1.54, 1.807) is 6.07 Å². The maximum Gasteiger partial charge on any atom is 0.406 e. The average Bonchev–Trinajstić information content (AvgIpc) is 2.81. The molecule has 0 spiro atoms. The van der Waals surface area contributed by atoms with E-state index in [2.05, 4.69) is 5.32 Å². The molecule has 2 rings (SSSR count). The summed E-state index contributed by atoms with van der Waals surface area (Å²) in [7, 11) is 1.36. The van der Waals surface area contributed by atoms with Crippen molar-refractivity contribution in [1.29, 1.82) is 0 Å². The molecule has 9 nitrogen and oxygen atoms in total. The molecule has 0 heterocycles. The lowest BCUT2D eigenvalue weighted by atomic mass is 9.87. The zero-order valence-corrected chi connectivity index (χ0v) is 22.2. The van der Waals surface area contributed by atoms with E-state index in [1.165, 1.54) is 33.1 Å². The Kier molecular flexibility index (Phi) is 10.8. The zero-order chi connectivity index (χ0) is 27.2. The average molecular weight is 630 g/mol. The Balaban J connectivity index is 2.55. The van der Waals surface area contributed by atoms with E-state index in [9.17, 15) is 33.0 Å². The Labute approximate surface area is 220 Å². The molecule has 0 aliphatic heterocycles. The van der Waals surface area contributed by atoms with Gasteiger partial charge in [0.25, 0.3) is 0 Å². The van der Waals surface area contributed by atoms with Gasteiger partial charge in [0.1, 0.15) is 18.8 Å². The van der Waals surface area contributed by atoms with Gasteiger partial charge in [-0.25, -0.2) is 0 Å². The van der Waals surface area contributed by atoms with Crippen LogP contribution in [0.25, 0.3) is 0 Å². The number of aliphatic hydroxyl groups is 3. The number of hydrogen-bond donors (Lipinski definition) is 4. The van der Waals surface area contributed by atoms with Crippen molar-refractivity contribution in [3.05, 3.63) is 32.9 Å². The highest BCUT2D eigenvalue weighted by Gasteiger charge is 2.45. The van der Waals surface area contributed by atoms with E-state index in [-0.39, 0.29) is 43.3 Å². The van der Waals surface area contributed by atoms with Crippen molar-refractivity contribution in [2.24, 2.45) is 5.92 Å². The molecule has 202 valence electrons. The third-order valence-electron chi connectivity index (χ3n) is 5.47. The molecule has 0 fully saturated rings. The number of carbonyl (C=O) groups excluding carboxylic acids is 2. The Hall–Kier alpha value is -2.10. The first-order valence-corrected chi connectivity index (χ1v) is 12.2. The summed E-state index contributed by atoms with van der Waals surface area (Å²) in [5.41, 5.74) is 0.512. The van der Waals surface area contributed by atoms with E-state index in [1.807, 2.05) is 22.6 Å². The molecule has 1 aliphatic rings. The van der Waals surface area contributed by atoms with Gasteiger partial charge in [-0.3, -0.25) is 9.59 Å². The van der Waals surface area contributed by atoms with Crippen LogP contribution in [0.3, 0.4) is 0 Å². The number of methoxy groups -OCH3 is 1. The molecule has 1 aromatic rings. The topological polar surface area (TPSA) is 129 Å². The second-order valence-electron chi connectivity index (χ2n) is 8.52.